The topological polar surface area (TPSA) is 66.4 Å². The van der Waals surface area contributed by atoms with Crippen molar-refractivity contribution in [3.63, 3.8) is 0 Å². The molecule has 0 saturated carbocycles. The van der Waals surface area contributed by atoms with Gasteiger partial charge in [-0.2, -0.15) is 0 Å². The van der Waals surface area contributed by atoms with Gasteiger partial charge in [-0.15, -0.1) is 0 Å². The molecule has 0 bridgehead atoms. The van der Waals surface area contributed by atoms with E-state index >= 15 is 0 Å². The number of rotatable bonds is 4. The van der Waals surface area contributed by atoms with Crippen LogP contribution in [-0.4, -0.2) is 67.5 Å². The van der Waals surface area contributed by atoms with Gasteiger partial charge in [0.05, 0.1) is 11.5 Å². The average Bonchev–Trinajstić information content (AvgIpc) is 3.15. The molecule has 0 aliphatic carbocycles. The second-order valence-corrected chi connectivity index (χ2v) is 11.0. The molecule has 1 aromatic rings. The predicted molar refractivity (Wildman–Crippen MR) is 103 cm³/mol. The molecule has 144 valence electrons. The van der Waals surface area contributed by atoms with Crippen LogP contribution in [0.1, 0.15) is 38.3 Å². The summed E-state index contributed by atoms with van der Waals surface area (Å²) in [5.41, 5.74) is 1.11. The van der Waals surface area contributed by atoms with Crippen LogP contribution in [0.15, 0.2) is 12.4 Å². The number of likely N-dealkylation sites (tertiary alicyclic amines) is 1. The number of anilines is 1. The highest BCUT2D eigenvalue weighted by atomic mass is 32.2. The van der Waals surface area contributed by atoms with Crippen molar-refractivity contribution < 1.29 is 8.42 Å². The van der Waals surface area contributed by atoms with Gasteiger partial charge in [0.1, 0.15) is 22.0 Å². The fourth-order valence-electron chi connectivity index (χ4n) is 4.76. The maximum atomic E-state index is 11.6. The molecule has 3 aliphatic heterocycles. The summed E-state index contributed by atoms with van der Waals surface area (Å²) in [4.78, 5) is 13.9. The molecule has 3 saturated heterocycles. The van der Waals surface area contributed by atoms with Crippen LogP contribution >= 0.6 is 0 Å². The van der Waals surface area contributed by atoms with Gasteiger partial charge in [-0.3, -0.25) is 0 Å². The molecular weight excluding hydrogens is 348 g/mol. The Morgan fingerprint density at radius 1 is 1.08 bits per heavy atom. The zero-order chi connectivity index (χ0) is 18.3. The lowest BCUT2D eigenvalue weighted by Crippen LogP contribution is -2.35. The summed E-state index contributed by atoms with van der Waals surface area (Å²) in [6.45, 7) is 9.86. The Labute approximate surface area is 156 Å². The lowest BCUT2D eigenvalue weighted by atomic mass is 10.0. The Morgan fingerprint density at radius 2 is 1.73 bits per heavy atom. The van der Waals surface area contributed by atoms with Crippen molar-refractivity contribution in [2.75, 3.05) is 49.1 Å². The van der Waals surface area contributed by atoms with Gasteiger partial charge in [-0.1, -0.05) is 13.8 Å². The molecule has 7 heteroatoms. The van der Waals surface area contributed by atoms with Crippen LogP contribution in [0, 0.1) is 17.8 Å². The maximum Gasteiger partial charge on any atom is 0.150 e. The van der Waals surface area contributed by atoms with Crippen molar-refractivity contribution in [2.45, 2.75) is 32.6 Å². The van der Waals surface area contributed by atoms with Crippen LogP contribution in [-0.2, 0) is 9.84 Å². The van der Waals surface area contributed by atoms with Gasteiger partial charge >= 0.3 is 0 Å². The quantitative estimate of drug-likeness (QED) is 0.796. The second kappa shape index (κ2) is 7.08. The first-order valence-corrected chi connectivity index (χ1v) is 11.7. The smallest absolute Gasteiger partial charge is 0.150 e. The van der Waals surface area contributed by atoms with Crippen LogP contribution in [0.2, 0.25) is 0 Å². The van der Waals surface area contributed by atoms with Gasteiger partial charge in [-0.25, -0.2) is 18.4 Å². The SMILES string of the molecule is CC(C)c1cc(N2CC3CN(CC4CCS(=O)(=O)CC4)CC3C2)ncn1. The summed E-state index contributed by atoms with van der Waals surface area (Å²) in [6.07, 6.45) is 3.39. The summed E-state index contributed by atoms with van der Waals surface area (Å²) in [7, 11) is -2.75. The molecule has 0 aromatic carbocycles. The Hall–Kier alpha value is -1.21. The molecule has 6 nitrogen and oxygen atoms in total. The summed E-state index contributed by atoms with van der Waals surface area (Å²) in [5, 5.41) is 0. The number of hydrogen-bond donors (Lipinski definition) is 0. The van der Waals surface area contributed by atoms with Crippen molar-refractivity contribution in [3.8, 4) is 0 Å². The number of sulfone groups is 1. The fourth-order valence-corrected chi connectivity index (χ4v) is 6.35. The Morgan fingerprint density at radius 3 is 2.35 bits per heavy atom. The number of nitrogens with zero attached hydrogens (tertiary/aromatic N) is 4. The summed E-state index contributed by atoms with van der Waals surface area (Å²) in [6, 6.07) is 2.14. The van der Waals surface area contributed by atoms with Gasteiger partial charge in [0.15, 0.2) is 0 Å². The Balaban J connectivity index is 1.31. The minimum absolute atomic E-state index is 0.387. The Kier molecular flexibility index (Phi) is 4.94. The molecular formula is C19H30N4O2S. The third kappa shape index (κ3) is 3.88. The molecule has 26 heavy (non-hydrogen) atoms. The average molecular weight is 379 g/mol. The summed E-state index contributed by atoms with van der Waals surface area (Å²) < 4.78 is 23.2. The van der Waals surface area contributed by atoms with Crippen LogP contribution in [0.5, 0.6) is 0 Å². The van der Waals surface area contributed by atoms with E-state index in [1.807, 2.05) is 0 Å². The van der Waals surface area contributed by atoms with Crippen LogP contribution < -0.4 is 4.90 Å². The molecule has 3 aliphatic rings. The van der Waals surface area contributed by atoms with Gasteiger partial charge in [0, 0.05) is 44.5 Å². The maximum absolute atomic E-state index is 11.6. The largest absolute Gasteiger partial charge is 0.356 e. The third-order valence-electron chi connectivity index (χ3n) is 6.34. The zero-order valence-electron chi connectivity index (χ0n) is 15.8. The van der Waals surface area contributed by atoms with Gasteiger partial charge in [0.25, 0.3) is 0 Å². The lowest BCUT2D eigenvalue weighted by molar-refractivity contribution is 0.252. The van der Waals surface area contributed by atoms with Crippen molar-refractivity contribution >= 4 is 15.7 Å². The van der Waals surface area contributed by atoms with Crippen LogP contribution in [0.3, 0.4) is 0 Å². The van der Waals surface area contributed by atoms with Crippen molar-refractivity contribution in [1.82, 2.24) is 14.9 Å². The molecule has 1 aromatic heterocycles. The van der Waals surface area contributed by atoms with E-state index in [-0.39, 0.29) is 0 Å². The van der Waals surface area contributed by atoms with Crippen molar-refractivity contribution in [3.05, 3.63) is 18.1 Å². The highest BCUT2D eigenvalue weighted by molar-refractivity contribution is 7.91. The Bertz CT molecular complexity index is 724. The summed E-state index contributed by atoms with van der Waals surface area (Å²) in [5.74, 6) is 4.25. The number of aromatic nitrogens is 2. The van der Waals surface area contributed by atoms with E-state index in [1.54, 1.807) is 6.33 Å². The van der Waals surface area contributed by atoms with E-state index in [0.29, 0.717) is 35.2 Å². The number of fused-ring (bicyclic) bond motifs is 1. The van der Waals surface area contributed by atoms with E-state index in [1.165, 1.54) is 0 Å². The van der Waals surface area contributed by atoms with E-state index in [2.05, 4.69) is 39.7 Å². The van der Waals surface area contributed by atoms with E-state index in [9.17, 15) is 8.42 Å². The molecule has 2 unspecified atom stereocenters. The van der Waals surface area contributed by atoms with Gasteiger partial charge < -0.3 is 9.80 Å². The normalized spacial score (nSPS) is 29.4. The van der Waals surface area contributed by atoms with Crippen molar-refractivity contribution in [2.24, 2.45) is 17.8 Å². The minimum Gasteiger partial charge on any atom is -0.356 e. The molecule has 2 atom stereocenters. The summed E-state index contributed by atoms with van der Waals surface area (Å²) >= 11 is 0. The first-order valence-electron chi connectivity index (χ1n) is 9.89. The third-order valence-corrected chi connectivity index (χ3v) is 8.06. The van der Waals surface area contributed by atoms with E-state index in [0.717, 1.165) is 57.1 Å². The first-order chi connectivity index (χ1) is 12.4. The predicted octanol–water partition coefficient (Wildman–Crippen LogP) is 1.79. The molecule has 0 amide bonds. The molecule has 0 radical (unpaired) electrons. The van der Waals surface area contributed by atoms with Crippen LogP contribution in [0.25, 0.3) is 0 Å². The molecule has 0 N–H and O–H groups in total. The first kappa shape index (κ1) is 18.2. The monoisotopic (exact) mass is 378 g/mol. The lowest BCUT2D eigenvalue weighted by Gasteiger charge is -2.28. The van der Waals surface area contributed by atoms with Gasteiger partial charge in [0.2, 0.25) is 0 Å². The second-order valence-electron chi connectivity index (χ2n) is 8.69. The van der Waals surface area contributed by atoms with Gasteiger partial charge in [-0.05, 0) is 36.5 Å². The van der Waals surface area contributed by atoms with Crippen molar-refractivity contribution in [1.29, 1.82) is 0 Å². The molecule has 4 rings (SSSR count). The van der Waals surface area contributed by atoms with Crippen LogP contribution in [0.4, 0.5) is 5.82 Å². The van der Waals surface area contributed by atoms with E-state index in [4.69, 9.17) is 0 Å². The molecule has 3 fully saturated rings. The zero-order valence-corrected chi connectivity index (χ0v) is 16.7. The fraction of sp³-hybridized carbons (Fsp3) is 0.789. The molecule has 4 heterocycles. The highest BCUT2D eigenvalue weighted by Gasteiger charge is 2.41. The number of hydrogen-bond acceptors (Lipinski definition) is 6. The standard InChI is InChI=1S/C19H30N4O2S/c1-14(2)18-7-19(21-13-20-18)23-11-16-9-22(10-17(16)12-23)8-15-3-5-26(24,25)6-4-15/h7,13-17H,3-6,8-12H2,1-2H3. The minimum atomic E-state index is -2.75. The highest BCUT2D eigenvalue weighted by Crippen LogP contribution is 2.34. The molecule has 0 spiro atoms. The van der Waals surface area contributed by atoms with E-state index < -0.39 is 9.84 Å².